The number of anilines is 1. The van der Waals surface area contributed by atoms with Gasteiger partial charge in [-0.1, -0.05) is 29.8 Å². The zero-order chi connectivity index (χ0) is 18.7. The van der Waals surface area contributed by atoms with Gasteiger partial charge in [0.2, 0.25) is 11.8 Å². The molecular formula is C19H18BrN3O3. The first-order valence-electron chi connectivity index (χ1n) is 8.17. The number of nitrogens with zero attached hydrogens (tertiary/aromatic N) is 1. The maximum atomic E-state index is 12.3. The zero-order valence-electron chi connectivity index (χ0n) is 14.2. The number of benzene rings is 2. The third-order valence-corrected chi connectivity index (χ3v) is 4.95. The molecule has 1 fully saturated rings. The van der Waals surface area contributed by atoms with E-state index in [1.165, 1.54) is 0 Å². The van der Waals surface area contributed by atoms with E-state index in [-0.39, 0.29) is 18.2 Å². The van der Waals surface area contributed by atoms with Crippen molar-refractivity contribution in [3.63, 3.8) is 0 Å². The van der Waals surface area contributed by atoms with Gasteiger partial charge in [0.1, 0.15) is 0 Å². The molecule has 0 saturated carbocycles. The Hall–Kier alpha value is -2.67. The lowest BCUT2D eigenvalue weighted by atomic mass is 10.1. The van der Waals surface area contributed by atoms with E-state index >= 15 is 0 Å². The summed E-state index contributed by atoms with van der Waals surface area (Å²) >= 11 is 3.29. The highest BCUT2D eigenvalue weighted by Crippen LogP contribution is 2.25. The van der Waals surface area contributed by atoms with E-state index < -0.39 is 11.8 Å². The molecule has 7 heteroatoms. The van der Waals surface area contributed by atoms with Crippen LogP contribution in [0.1, 0.15) is 22.3 Å². The molecule has 3 amide bonds. The van der Waals surface area contributed by atoms with Crippen molar-refractivity contribution in [1.29, 1.82) is 0 Å². The van der Waals surface area contributed by atoms with E-state index in [1.54, 1.807) is 29.2 Å². The number of carbonyl (C=O) groups excluding carboxylic acids is 3. The number of hydrogen-bond acceptors (Lipinski definition) is 3. The highest BCUT2D eigenvalue weighted by molar-refractivity contribution is 9.10. The Balaban J connectivity index is 1.59. The molecular weight excluding hydrogens is 398 g/mol. The number of nitrogens with one attached hydrogen (secondary N) is 2. The fourth-order valence-corrected chi connectivity index (χ4v) is 3.26. The molecule has 0 aromatic heterocycles. The molecule has 3 rings (SSSR count). The van der Waals surface area contributed by atoms with Crippen molar-refractivity contribution < 1.29 is 14.4 Å². The quantitative estimate of drug-likeness (QED) is 0.756. The van der Waals surface area contributed by atoms with Crippen LogP contribution in [0.2, 0.25) is 0 Å². The topological polar surface area (TPSA) is 78.5 Å². The molecule has 0 spiro atoms. The van der Waals surface area contributed by atoms with Crippen LogP contribution >= 0.6 is 15.9 Å². The molecule has 0 bridgehead atoms. The lowest BCUT2D eigenvalue weighted by molar-refractivity contribution is -0.126. The van der Waals surface area contributed by atoms with Gasteiger partial charge in [0.15, 0.2) is 0 Å². The molecule has 6 nitrogen and oxygen atoms in total. The van der Waals surface area contributed by atoms with Crippen molar-refractivity contribution in [1.82, 2.24) is 10.9 Å². The standard InChI is InChI=1S/C19H18BrN3O3/c1-12-6-8-14(9-7-12)23-11-13(10-17(23)24)18(25)21-22-19(26)15-4-2-3-5-16(15)20/h2-9,13H,10-11H2,1H3,(H,21,25)(H,22,26)/t13-/m1/s1. The zero-order valence-corrected chi connectivity index (χ0v) is 15.7. The van der Waals surface area contributed by atoms with Gasteiger partial charge in [0.05, 0.1) is 11.5 Å². The average Bonchev–Trinajstić information content (AvgIpc) is 3.02. The minimum Gasteiger partial charge on any atom is -0.312 e. The van der Waals surface area contributed by atoms with Crippen LogP contribution in [0.4, 0.5) is 5.69 Å². The van der Waals surface area contributed by atoms with Crippen LogP contribution in [-0.2, 0) is 9.59 Å². The van der Waals surface area contributed by atoms with Gasteiger partial charge in [0, 0.05) is 23.1 Å². The van der Waals surface area contributed by atoms with Crippen LogP contribution in [0.15, 0.2) is 53.0 Å². The van der Waals surface area contributed by atoms with Gasteiger partial charge in [0.25, 0.3) is 5.91 Å². The van der Waals surface area contributed by atoms with Crippen molar-refractivity contribution in [2.24, 2.45) is 5.92 Å². The van der Waals surface area contributed by atoms with Gasteiger partial charge in [-0.2, -0.15) is 0 Å². The van der Waals surface area contributed by atoms with E-state index in [0.717, 1.165) is 11.3 Å². The van der Waals surface area contributed by atoms with Crippen molar-refractivity contribution in [2.45, 2.75) is 13.3 Å². The van der Waals surface area contributed by atoms with Crippen molar-refractivity contribution in [3.05, 3.63) is 64.1 Å². The van der Waals surface area contributed by atoms with Gasteiger partial charge < -0.3 is 4.90 Å². The minimum atomic E-state index is -0.511. The summed E-state index contributed by atoms with van der Waals surface area (Å²) in [5, 5.41) is 0. The van der Waals surface area contributed by atoms with Crippen LogP contribution in [0, 0.1) is 12.8 Å². The second kappa shape index (κ2) is 7.70. The average molecular weight is 416 g/mol. The summed E-state index contributed by atoms with van der Waals surface area (Å²) in [6.45, 7) is 2.26. The Morgan fingerprint density at radius 1 is 1.08 bits per heavy atom. The van der Waals surface area contributed by atoms with Gasteiger partial charge in [-0.05, 0) is 47.1 Å². The Bertz CT molecular complexity index is 851. The SMILES string of the molecule is Cc1ccc(N2C[C@H](C(=O)NNC(=O)c3ccccc3Br)CC2=O)cc1. The number of amides is 3. The fraction of sp³-hybridized carbons (Fsp3) is 0.211. The number of hydrogen-bond donors (Lipinski definition) is 2. The summed E-state index contributed by atoms with van der Waals surface area (Å²) < 4.78 is 0.633. The Morgan fingerprint density at radius 3 is 2.46 bits per heavy atom. The number of rotatable bonds is 3. The lowest BCUT2D eigenvalue weighted by Crippen LogP contribution is -2.45. The molecule has 2 aromatic rings. The number of carbonyl (C=O) groups is 3. The smallest absolute Gasteiger partial charge is 0.270 e. The second-order valence-electron chi connectivity index (χ2n) is 6.16. The summed E-state index contributed by atoms with van der Waals surface area (Å²) in [5.41, 5.74) is 7.09. The highest BCUT2D eigenvalue weighted by atomic mass is 79.9. The maximum Gasteiger partial charge on any atom is 0.270 e. The lowest BCUT2D eigenvalue weighted by Gasteiger charge is -2.17. The summed E-state index contributed by atoms with van der Waals surface area (Å²) in [6, 6.07) is 14.5. The van der Waals surface area contributed by atoms with Gasteiger partial charge in [-0.15, -0.1) is 0 Å². The first-order chi connectivity index (χ1) is 12.5. The van der Waals surface area contributed by atoms with Crippen LogP contribution in [0.5, 0.6) is 0 Å². The van der Waals surface area contributed by atoms with E-state index in [2.05, 4.69) is 26.8 Å². The molecule has 2 N–H and O–H groups in total. The summed E-state index contributed by atoms with van der Waals surface area (Å²) in [7, 11) is 0. The molecule has 0 unspecified atom stereocenters. The third-order valence-electron chi connectivity index (χ3n) is 4.26. The predicted octanol–water partition coefficient (Wildman–Crippen LogP) is 2.57. The van der Waals surface area contributed by atoms with Gasteiger partial charge in [-0.25, -0.2) is 0 Å². The van der Waals surface area contributed by atoms with Crippen molar-refractivity contribution in [3.8, 4) is 0 Å². The van der Waals surface area contributed by atoms with E-state index in [9.17, 15) is 14.4 Å². The Morgan fingerprint density at radius 2 is 1.77 bits per heavy atom. The molecule has 2 aromatic carbocycles. The summed E-state index contributed by atoms with van der Waals surface area (Å²) in [4.78, 5) is 38.3. The molecule has 0 aliphatic carbocycles. The molecule has 1 aliphatic heterocycles. The normalized spacial score (nSPS) is 16.5. The minimum absolute atomic E-state index is 0.105. The van der Waals surface area contributed by atoms with Crippen molar-refractivity contribution in [2.75, 3.05) is 11.4 Å². The molecule has 134 valence electrons. The molecule has 1 atom stereocenters. The number of halogens is 1. The third kappa shape index (κ3) is 3.94. The molecule has 1 heterocycles. The number of aryl methyl sites for hydroxylation is 1. The number of hydrazine groups is 1. The summed E-state index contributed by atoms with van der Waals surface area (Å²) in [5.74, 6) is -1.42. The van der Waals surface area contributed by atoms with Crippen LogP contribution in [0.25, 0.3) is 0 Å². The first-order valence-corrected chi connectivity index (χ1v) is 8.97. The summed E-state index contributed by atoms with van der Waals surface area (Å²) in [6.07, 6.45) is 0.116. The fourth-order valence-electron chi connectivity index (χ4n) is 2.79. The first kappa shape index (κ1) is 18.1. The molecule has 0 radical (unpaired) electrons. The van der Waals surface area contributed by atoms with Gasteiger partial charge in [-0.3, -0.25) is 25.2 Å². The van der Waals surface area contributed by atoms with Gasteiger partial charge >= 0.3 is 0 Å². The maximum absolute atomic E-state index is 12.3. The Labute approximate surface area is 159 Å². The van der Waals surface area contributed by atoms with Crippen LogP contribution < -0.4 is 15.8 Å². The molecule has 1 aliphatic rings. The predicted molar refractivity (Wildman–Crippen MR) is 101 cm³/mol. The monoisotopic (exact) mass is 415 g/mol. The van der Waals surface area contributed by atoms with Crippen LogP contribution in [0.3, 0.4) is 0 Å². The van der Waals surface area contributed by atoms with E-state index in [4.69, 9.17) is 0 Å². The van der Waals surface area contributed by atoms with Crippen molar-refractivity contribution >= 4 is 39.3 Å². The second-order valence-corrected chi connectivity index (χ2v) is 7.02. The highest BCUT2D eigenvalue weighted by Gasteiger charge is 2.35. The largest absolute Gasteiger partial charge is 0.312 e. The molecule has 1 saturated heterocycles. The van der Waals surface area contributed by atoms with E-state index in [1.807, 2.05) is 31.2 Å². The van der Waals surface area contributed by atoms with E-state index in [0.29, 0.717) is 16.6 Å². The molecule has 26 heavy (non-hydrogen) atoms. The van der Waals surface area contributed by atoms with Crippen LogP contribution in [-0.4, -0.2) is 24.3 Å². The Kier molecular flexibility index (Phi) is 5.37.